The van der Waals surface area contributed by atoms with Crippen molar-refractivity contribution in [3.63, 3.8) is 0 Å². The normalized spacial score (nSPS) is 12.1. The number of rotatable bonds is 8. The quantitative estimate of drug-likeness (QED) is 0.775. The van der Waals surface area contributed by atoms with Gasteiger partial charge in [0, 0.05) is 30.7 Å². The lowest BCUT2D eigenvalue weighted by Crippen LogP contribution is -2.17. The van der Waals surface area contributed by atoms with Gasteiger partial charge < -0.3 is 15.2 Å². The molecule has 5 nitrogen and oxygen atoms in total. The van der Waals surface area contributed by atoms with Crippen molar-refractivity contribution < 1.29 is 9.84 Å². The lowest BCUT2D eigenvalue weighted by atomic mass is 10.2. The van der Waals surface area contributed by atoms with Crippen LogP contribution >= 0.6 is 0 Å². The van der Waals surface area contributed by atoms with Crippen LogP contribution in [0.4, 0.5) is 5.69 Å². The Hall–Kier alpha value is -2.01. The van der Waals surface area contributed by atoms with E-state index in [4.69, 9.17) is 9.84 Å². The van der Waals surface area contributed by atoms with Crippen LogP contribution in [0.25, 0.3) is 0 Å². The first kappa shape index (κ1) is 14.4. The highest BCUT2D eigenvalue weighted by molar-refractivity contribution is 5.46. The molecule has 0 bridgehead atoms. The van der Waals surface area contributed by atoms with E-state index in [1.54, 1.807) is 6.20 Å². The fourth-order valence-electron chi connectivity index (χ4n) is 1.93. The molecule has 1 aromatic heterocycles. The van der Waals surface area contributed by atoms with Crippen LogP contribution in [0.2, 0.25) is 0 Å². The Labute approximate surface area is 119 Å². The van der Waals surface area contributed by atoms with Gasteiger partial charge in [0.05, 0.1) is 6.61 Å². The van der Waals surface area contributed by atoms with Crippen molar-refractivity contribution >= 4 is 5.69 Å². The zero-order valence-electron chi connectivity index (χ0n) is 11.7. The number of hydrogen-bond donors (Lipinski definition) is 2. The lowest BCUT2D eigenvalue weighted by Gasteiger charge is -2.15. The van der Waals surface area contributed by atoms with E-state index in [0.717, 1.165) is 24.4 Å². The van der Waals surface area contributed by atoms with Crippen molar-refractivity contribution in [3.8, 4) is 5.75 Å². The van der Waals surface area contributed by atoms with Crippen LogP contribution in [0.3, 0.4) is 0 Å². The van der Waals surface area contributed by atoms with Gasteiger partial charge in [0.25, 0.3) is 0 Å². The standard InChI is InChI=1S/C15H21N3O2/c1-13(7-10-18-9-2-8-16-18)17-14-3-5-15(6-4-14)20-12-11-19/h2-6,8-9,13,17,19H,7,10-12H2,1H3. The Morgan fingerprint density at radius 2 is 2.15 bits per heavy atom. The Morgan fingerprint density at radius 3 is 2.80 bits per heavy atom. The number of benzene rings is 1. The van der Waals surface area contributed by atoms with E-state index in [1.807, 2.05) is 41.2 Å². The van der Waals surface area contributed by atoms with E-state index in [0.29, 0.717) is 12.6 Å². The Balaban J connectivity index is 1.77. The smallest absolute Gasteiger partial charge is 0.119 e. The van der Waals surface area contributed by atoms with Crippen LogP contribution in [-0.4, -0.2) is 34.1 Å². The molecule has 2 N–H and O–H groups in total. The topological polar surface area (TPSA) is 59.3 Å². The third-order valence-electron chi connectivity index (χ3n) is 2.98. The Morgan fingerprint density at radius 1 is 1.35 bits per heavy atom. The molecule has 0 aliphatic heterocycles. The van der Waals surface area contributed by atoms with Crippen LogP contribution in [0.1, 0.15) is 13.3 Å². The number of hydrogen-bond acceptors (Lipinski definition) is 4. The second-order valence-corrected chi connectivity index (χ2v) is 4.70. The first-order valence-corrected chi connectivity index (χ1v) is 6.85. The number of nitrogens with one attached hydrogen (secondary N) is 1. The molecule has 0 saturated carbocycles. The fraction of sp³-hybridized carbons (Fsp3) is 0.400. The molecule has 0 aliphatic rings. The van der Waals surface area contributed by atoms with Crippen LogP contribution in [0.5, 0.6) is 5.75 Å². The van der Waals surface area contributed by atoms with Gasteiger partial charge in [-0.15, -0.1) is 0 Å². The molecule has 0 fully saturated rings. The van der Waals surface area contributed by atoms with Gasteiger partial charge in [-0.05, 0) is 43.7 Å². The van der Waals surface area contributed by atoms with Gasteiger partial charge in [-0.1, -0.05) is 0 Å². The minimum absolute atomic E-state index is 0.0322. The summed E-state index contributed by atoms with van der Waals surface area (Å²) in [5.41, 5.74) is 1.06. The summed E-state index contributed by atoms with van der Waals surface area (Å²) in [6, 6.07) is 10.1. The molecule has 20 heavy (non-hydrogen) atoms. The zero-order chi connectivity index (χ0) is 14.2. The summed E-state index contributed by atoms with van der Waals surface area (Å²) in [5, 5.41) is 16.3. The maximum atomic E-state index is 8.69. The van der Waals surface area contributed by atoms with Gasteiger partial charge >= 0.3 is 0 Å². The first-order valence-electron chi connectivity index (χ1n) is 6.85. The van der Waals surface area contributed by atoms with Crippen molar-refractivity contribution in [2.75, 3.05) is 18.5 Å². The average molecular weight is 275 g/mol. The number of aryl methyl sites for hydroxylation is 1. The van der Waals surface area contributed by atoms with E-state index < -0.39 is 0 Å². The zero-order valence-corrected chi connectivity index (χ0v) is 11.7. The van der Waals surface area contributed by atoms with Gasteiger partial charge in [-0.2, -0.15) is 5.10 Å². The number of aromatic nitrogens is 2. The van der Waals surface area contributed by atoms with Gasteiger partial charge in [0.2, 0.25) is 0 Å². The number of aliphatic hydroxyl groups excluding tert-OH is 1. The van der Waals surface area contributed by atoms with Crippen molar-refractivity contribution in [2.45, 2.75) is 25.9 Å². The summed E-state index contributed by atoms with van der Waals surface area (Å²) in [4.78, 5) is 0. The van der Waals surface area contributed by atoms with E-state index in [2.05, 4.69) is 17.3 Å². The second kappa shape index (κ2) is 7.55. The Kier molecular flexibility index (Phi) is 5.43. The molecule has 1 aromatic carbocycles. The fourth-order valence-corrected chi connectivity index (χ4v) is 1.93. The summed E-state index contributed by atoms with van der Waals surface area (Å²) in [7, 11) is 0. The number of anilines is 1. The molecular formula is C15H21N3O2. The summed E-state index contributed by atoms with van der Waals surface area (Å²) in [6.07, 6.45) is 4.77. The molecular weight excluding hydrogens is 254 g/mol. The van der Waals surface area contributed by atoms with Gasteiger partial charge in [0.15, 0.2) is 0 Å². The third kappa shape index (κ3) is 4.59. The van der Waals surface area contributed by atoms with Crippen LogP contribution in [0.15, 0.2) is 42.7 Å². The van der Waals surface area contributed by atoms with E-state index >= 15 is 0 Å². The van der Waals surface area contributed by atoms with Crippen molar-refractivity contribution in [2.24, 2.45) is 0 Å². The molecule has 1 heterocycles. The molecule has 0 aliphatic carbocycles. The molecule has 2 rings (SSSR count). The molecule has 1 unspecified atom stereocenters. The minimum Gasteiger partial charge on any atom is -0.491 e. The van der Waals surface area contributed by atoms with Gasteiger partial charge in [-0.3, -0.25) is 4.68 Å². The molecule has 0 saturated heterocycles. The molecule has 1 atom stereocenters. The monoisotopic (exact) mass is 275 g/mol. The predicted octanol–water partition coefficient (Wildman–Crippen LogP) is 2.14. The molecule has 0 amide bonds. The minimum atomic E-state index is 0.0322. The molecule has 0 spiro atoms. The van der Waals surface area contributed by atoms with Gasteiger partial charge in [-0.25, -0.2) is 0 Å². The van der Waals surface area contributed by atoms with Crippen LogP contribution in [0, 0.1) is 0 Å². The van der Waals surface area contributed by atoms with Crippen LogP contribution in [-0.2, 0) is 6.54 Å². The van der Waals surface area contributed by atoms with E-state index in [-0.39, 0.29) is 6.61 Å². The molecule has 5 heteroatoms. The maximum absolute atomic E-state index is 8.69. The third-order valence-corrected chi connectivity index (χ3v) is 2.98. The highest BCUT2D eigenvalue weighted by Gasteiger charge is 2.03. The maximum Gasteiger partial charge on any atom is 0.119 e. The Bertz CT molecular complexity index is 482. The SMILES string of the molecule is CC(CCn1cccn1)Nc1ccc(OCCO)cc1. The van der Waals surface area contributed by atoms with E-state index in [9.17, 15) is 0 Å². The second-order valence-electron chi connectivity index (χ2n) is 4.70. The number of aliphatic hydroxyl groups is 1. The van der Waals surface area contributed by atoms with Crippen molar-refractivity contribution in [1.82, 2.24) is 9.78 Å². The van der Waals surface area contributed by atoms with Gasteiger partial charge in [0.1, 0.15) is 12.4 Å². The number of nitrogens with zero attached hydrogens (tertiary/aromatic N) is 2. The summed E-state index contributed by atoms with van der Waals surface area (Å²) >= 11 is 0. The highest BCUT2D eigenvalue weighted by atomic mass is 16.5. The summed E-state index contributed by atoms with van der Waals surface area (Å²) < 4.78 is 7.26. The largest absolute Gasteiger partial charge is 0.491 e. The molecule has 0 radical (unpaired) electrons. The van der Waals surface area contributed by atoms with Crippen molar-refractivity contribution in [1.29, 1.82) is 0 Å². The highest BCUT2D eigenvalue weighted by Crippen LogP contribution is 2.16. The summed E-state index contributed by atoms with van der Waals surface area (Å²) in [6.45, 7) is 3.41. The summed E-state index contributed by atoms with van der Waals surface area (Å²) in [5.74, 6) is 0.772. The number of ether oxygens (including phenoxy) is 1. The molecule has 108 valence electrons. The predicted molar refractivity (Wildman–Crippen MR) is 79.0 cm³/mol. The van der Waals surface area contributed by atoms with Crippen LogP contribution < -0.4 is 10.1 Å². The first-order chi connectivity index (χ1) is 9.78. The average Bonchev–Trinajstić information content (AvgIpc) is 2.98. The van der Waals surface area contributed by atoms with E-state index in [1.165, 1.54) is 0 Å². The van der Waals surface area contributed by atoms with Crippen molar-refractivity contribution in [3.05, 3.63) is 42.7 Å². The lowest BCUT2D eigenvalue weighted by molar-refractivity contribution is 0.201. The molecule has 2 aromatic rings.